The molecule has 1 heterocycles. The van der Waals surface area contributed by atoms with Crippen molar-refractivity contribution in [3.63, 3.8) is 0 Å². The number of carboxylic acid groups (broad SMARTS) is 1. The van der Waals surface area contributed by atoms with Gasteiger partial charge in [-0.05, 0) is 36.2 Å². The number of ether oxygens (including phenoxy) is 1. The molecule has 0 aliphatic carbocycles. The fraction of sp³-hybridized carbons (Fsp3) is 0.158. The largest absolute Gasteiger partial charge is 0.489 e. The quantitative estimate of drug-likeness (QED) is 0.473. The number of aryl methyl sites for hydroxylation is 1. The predicted octanol–water partition coefficient (Wildman–Crippen LogP) is 4.56. The molecule has 138 valence electrons. The highest BCUT2D eigenvalue weighted by molar-refractivity contribution is 7.17. The average molecular weight is 384 g/mol. The molecule has 0 radical (unpaired) electrons. The molecule has 0 saturated carbocycles. The summed E-state index contributed by atoms with van der Waals surface area (Å²) in [6.07, 6.45) is 0.550. The van der Waals surface area contributed by atoms with Gasteiger partial charge in [0, 0.05) is 17.7 Å². The molecular weight excluding hydrogens is 368 g/mol. The van der Waals surface area contributed by atoms with Gasteiger partial charge in [0.1, 0.15) is 22.2 Å². The number of aromatic carboxylic acids is 1. The minimum Gasteiger partial charge on any atom is -0.489 e. The first-order valence-electron chi connectivity index (χ1n) is 8.17. The van der Waals surface area contributed by atoms with Crippen molar-refractivity contribution in [1.82, 2.24) is 4.98 Å². The van der Waals surface area contributed by atoms with E-state index < -0.39 is 10.9 Å². The first-order chi connectivity index (χ1) is 13.0. The molecule has 0 amide bonds. The van der Waals surface area contributed by atoms with Crippen LogP contribution in [-0.2, 0) is 13.0 Å². The van der Waals surface area contributed by atoms with Gasteiger partial charge in [-0.15, -0.1) is 11.3 Å². The van der Waals surface area contributed by atoms with Crippen molar-refractivity contribution in [3.05, 3.63) is 74.8 Å². The molecule has 0 unspecified atom stereocenters. The van der Waals surface area contributed by atoms with Crippen LogP contribution in [0.4, 0.5) is 5.69 Å². The van der Waals surface area contributed by atoms with Crippen LogP contribution in [0.3, 0.4) is 0 Å². The summed E-state index contributed by atoms with van der Waals surface area (Å²) in [4.78, 5) is 26.2. The zero-order chi connectivity index (χ0) is 19.4. The summed E-state index contributed by atoms with van der Waals surface area (Å²) in [6.45, 7) is 2.13. The third-order valence-corrected chi connectivity index (χ3v) is 4.99. The molecule has 0 saturated heterocycles. The molecule has 0 aliphatic rings. The van der Waals surface area contributed by atoms with E-state index in [2.05, 4.69) is 4.98 Å². The molecule has 7 nitrogen and oxygen atoms in total. The van der Waals surface area contributed by atoms with Gasteiger partial charge in [-0.3, -0.25) is 10.1 Å². The van der Waals surface area contributed by atoms with E-state index in [9.17, 15) is 20.0 Å². The van der Waals surface area contributed by atoms with Crippen molar-refractivity contribution in [2.75, 3.05) is 0 Å². The number of benzene rings is 2. The molecule has 2 aromatic carbocycles. The summed E-state index contributed by atoms with van der Waals surface area (Å²) in [5.41, 5.74) is 2.19. The van der Waals surface area contributed by atoms with E-state index in [1.807, 2.05) is 19.1 Å². The standard InChI is InChI=1S/C19H16N2O5S/c1-2-16-17(19(22)23)27-18(20-16)13-4-3-5-15(10-13)26-11-12-6-8-14(9-7-12)21(24)25/h3-10H,2,11H2,1H3,(H,22,23). The molecule has 1 aromatic heterocycles. The van der Waals surface area contributed by atoms with Crippen LogP contribution in [0, 0.1) is 10.1 Å². The van der Waals surface area contributed by atoms with Crippen LogP contribution < -0.4 is 4.74 Å². The van der Waals surface area contributed by atoms with Crippen molar-refractivity contribution in [2.45, 2.75) is 20.0 Å². The zero-order valence-corrected chi connectivity index (χ0v) is 15.2. The van der Waals surface area contributed by atoms with Gasteiger partial charge in [-0.1, -0.05) is 19.1 Å². The monoisotopic (exact) mass is 384 g/mol. The van der Waals surface area contributed by atoms with Crippen molar-refractivity contribution >= 4 is 23.0 Å². The van der Waals surface area contributed by atoms with Gasteiger partial charge >= 0.3 is 5.97 Å². The maximum atomic E-state index is 11.3. The van der Waals surface area contributed by atoms with E-state index in [1.54, 1.807) is 24.3 Å². The number of nitrogens with zero attached hydrogens (tertiary/aromatic N) is 2. The Morgan fingerprint density at radius 1 is 1.26 bits per heavy atom. The van der Waals surface area contributed by atoms with E-state index in [1.165, 1.54) is 12.1 Å². The molecule has 0 bridgehead atoms. The number of carboxylic acids is 1. The highest BCUT2D eigenvalue weighted by Crippen LogP contribution is 2.31. The Morgan fingerprint density at radius 3 is 2.59 bits per heavy atom. The molecule has 3 rings (SSSR count). The molecule has 0 fully saturated rings. The van der Waals surface area contributed by atoms with Crippen LogP contribution in [0.5, 0.6) is 5.75 Å². The van der Waals surface area contributed by atoms with Crippen molar-refractivity contribution < 1.29 is 19.6 Å². The Bertz CT molecular complexity index is 982. The topological polar surface area (TPSA) is 103 Å². The van der Waals surface area contributed by atoms with Crippen molar-refractivity contribution in [3.8, 4) is 16.3 Å². The summed E-state index contributed by atoms with van der Waals surface area (Å²) < 4.78 is 5.76. The number of non-ortho nitro benzene ring substituents is 1. The summed E-state index contributed by atoms with van der Waals surface area (Å²) in [5.74, 6) is -0.364. The summed E-state index contributed by atoms with van der Waals surface area (Å²) in [7, 11) is 0. The lowest BCUT2D eigenvalue weighted by Gasteiger charge is -2.07. The predicted molar refractivity (Wildman–Crippen MR) is 101 cm³/mol. The van der Waals surface area contributed by atoms with E-state index in [-0.39, 0.29) is 17.2 Å². The second kappa shape index (κ2) is 7.96. The number of carbonyl (C=O) groups is 1. The third-order valence-electron chi connectivity index (χ3n) is 3.86. The van der Waals surface area contributed by atoms with E-state index >= 15 is 0 Å². The third kappa shape index (κ3) is 4.29. The Morgan fingerprint density at radius 2 is 2.00 bits per heavy atom. The number of aromatic nitrogens is 1. The number of hydrogen-bond donors (Lipinski definition) is 1. The van der Waals surface area contributed by atoms with Crippen LogP contribution in [0.2, 0.25) is 0 Å². The molecular formula is C19H16N2O5S. The Labute approximate surface area is 159 Å². The van der Waals surface area contributed by atoms with Crippen LogP contribution in [0.25, 0.3) is 10.6 Å². The van der Waals surface area contributed by atoms with Crippen LogP contribution in [0.1, 0.15) is 27.9 Å². The average Bonchev–Trinajstić information content (AvgIpc) is 3.12. The van der Waals surface area contributed by atoms with E-state index in [4.69, 9.17) is 4.74 Å². The SMILES string of the molecule is CCc1nc(-c2cccc(OCc3ccc([N+](=O)[O-])cc3)c2)sc1C(=O)O. The molecule has 0 atom stereocenters. The van der Waals surface area contributed by atoms with E-state index in [0.29, 0.717) is 22.9 Å². The molecule has 0 spiro atoms. The zero-order valence-electron chi connectivity index (χ0n) is 14.4. The van der Waals surface area contributed by atoms with Crippen LogP contribution >= 0.6 is 11.3 Å². The maximum absolute atomic E-state index is 11.3. The fourth-order valence-corrected chi connectivity index (χ4v) is 3.47. The number of hydrogen-bond acceptors (Lipinski definition) is 6. The van der Waals surface area contributed by atoms with Crippen molar-refractivity contribution in [2.24, 2.45) is 0 Å². The van der Waals surface area contributed by atoms with Gasteiger partial charge in [0.2, 0.25) is 0 Å². The molecule has 8 heteroatoms. The second-order valence-electron chi connectivity index (χ2n) is 5.69. The highest BCUT2D eigenvalue weighted by Gasteiger charge is 2.17. The second-order valence-corrected chi connectivity index (χ2v) is 6.69. The molecule has 3 aromatic rings. The fourth-order valence-electron chi connectivity index (χ4n) is 2.48. The normalized spacial score (nSPS) is 10.6. The van der Waals surface area contributed by atoms with Crippen LogP contribution in [-0.4, -0.2) is 21.0 Å². The van der Waals surface area contributed by atoms with Gasteiger partial charge in [0.15, 0.2) is 0 Å². The lowest BCUT2D eigenvalue weighted by Crippen LogP contribution is -1.97. The lowest BCUT2D eigenvalue weighted by molar-refractivity contribution is -0.384. The Kier molecular flexibility index (Phi) is 5.46. The van der Waals surface area contributed by atoms with Gasteiger partial charge in [0.05, 0.1) is 10.6 Å². The Hall–Kier alpha value is -3.26. The highest BCUT2D eigenvalue weighted by atomic mass is 32.1. The number of nitro groups is 1. The van der Waals surface area contributed by atoms with Crippen molar-refractivity contribution in [1.29, 1.82) is 0 Å². The number of nitro benzene ring substituents is 1. The van der Waals surface area contributed by atoms with Gasteiger partial charge in [-0.25, -0.2) is 9.78 Å². The van der Waals surface area contributed by atoms with Gasteiger partial charge in [-0.2, -0.15) is 0 Å². The minimum atomic E-state index is -0.971. The van der Waals surface area contributed by atoms with E-state index in [0.717, 1.165) is 22.5 Å². The van der Waals surface area contributed by atoms with Crippen LogP contribution in [0.15, 0.2) is 48.5 Å². The smallest absolute Gasteiger partial charge is 0.347 e. The molecule has 1 N–H and O–H groups in total. The summed E-state index contributed by atoms with van der Waals surface area (Å²) >= 11 is 1.14. The molecule has 27 heavy (non-hydrogen) atoms. The summed E-state index contributed by atoms with van der Waals surface area (Å²) in [5, 5.41) is 20.6. The lowest BCUT2D eigenvalue weighted by atomic mass is 10.2. The van der Waals surface area contributed by atoms with Gasteiger partial charge in [0.25, 0.3) is 5.69 Å². The first kappa shape index (κ1) is 18.5. The van der Waals surface area contributed by atoms with Gasteiger partial charge < -0.3 is 9.84 Å². The number of thiazole rings is 1. The Balaban J connectivity index is 1.76. The maximum Gasteiger partial charge on any atom is 0.347 e. The number of rotatable bonds is 7. The minimum absolute atomic E-state index is 0.0329. The summed E-state index contributed by atoms with van der Waals surface area (Å²) in [6, 6.07) is 13.4. The molecule has 0 aliphatic heterocycles. The first-order valence-corrected chi connectivity index (χ1v) is 8.99.